The van der Waals surface area contributed by atoms with E-state index in [1.807, 2.05) is 25.1 Å². The third kappa shape index (κ3) is 2.77. The maximum Gasteiger partial charge on any atom is 0.261 e. The molecule has 114 valence electrons. The molecule has 1 fully saturated rings. The lowest BCUT2D eigenvalue weighted by Crippen LogP contribution is -2.51. The van der Waals surface area contributed by atoms with Crippen molar-refractivity contribution in [3.8, 4) is 0 Å². The molecule has 0 aliphatic heterocycles. The van der Waals surface area contributed by atoms with Gasteiger partial charge < -0.3 is 16.0 Å². The van der Waals surface area contributed by atoms with Gasteiger partial charge in [-0.1, -0.05) is 24.2 Å². The molecule has 0 radical (unpaired) electrons. The summed E-state index contributed by atoms with van der Waals surface area (Å²) >= 11 is 3.07. The van der Waals surface area contributed by atoms with Gasteiger partial charge >= 0.3 is 0 Å². The van der Waals surface area contributed by atoms with E-state index in [1.54, 1.807) is 11.3 Å². The van der Waals surface area contributed by atoms with E-state index in [-0.39, 0.29) is 11.4 Å². The van der Waals surface area contributed by atoms with Gasteiger partial charge in [0.2, 0.25) is 0 Å². The minimum absolute atomic E-state index is 0.0102. The number of anilines is 1. The summed E-state index contributed by atoms with van der Waals surface area (Å²) in [7, 11) is 3.95. The fraction of sp³-hybridized carbons (Fsp3) is 0.571. The first-order valence-electron chi connectivity index (χ1n) is 7.13. The number of carbonyl (C=O) groups is 1. The van der Waals surface area contributed by atoms with Crippen LogP contribution < -0.4 is 16.0 Å². The fourth-order valence-electron chi connectivity index (χ4n) is 2.76. The minimum Gasteiger partial charge on any atom is -0.354 e. The molecule has 0 saturated heterocycles. The fourth-order valence-corrected chi connectivity index (χ4v) is 4.79. The molecule has 3 rings (SSSR count). The molecular formula is C14H20N4OS2. The number of thiazole rings is 1. The van der Waals surface area contributed by atoms with Crippen LogP contribution in [0.2, 0.25) is 0 Å². The highest BCUT2D eigenvalue weighted by atomic mass is 32.1. The van der Waals surface area contributed by atoms with E-state index in [0.29, 0.717) is 6.54 Å². The number of nitrogens with two attached hydrogens (primary N) is 1. The van der Waals surface area contributed by atoms with Crippen LogP contribution in [0.15, 0.2) is 6.07 Å². The summed E-state index contributed by atoms with van der Waals surface area (Å²) in [4.78, 5) is 20.7. The molecule has 1 aliphatic carbocycles. The van der Waals surface area contributed by atoms with Gasteiger partial charge in [0.25, 0.3) is 5.91 Å². The normalized spacial score (nSPS) is 17.3. The minimum atomic E-state index is -0.198. The zero-order valence-electron chi connectivity index (χ0n) is 12.3. The molecule has 0 aromatic carbocycles. The summed E-state index contributed by atoms with van der Waals surface area (Å²) in [5, 5.41) is 4.13. The highest BCUT2D eigenvalue weighted by molar-refractivity contribution is 7.29. The second kappa shape index (κ2) is 5.55. The third-order valence-corrected chi connectivity index (χ3v) is 6.34. The van der Waals surface area contributed by atoms with Crippen molar-refractivity contribution in [2.45, 2.75) is 31.2 Å². The number of amides is 1. The summed E-state index contributed by atoms with van der Waals surface area (Å²) in [6, 6.07) is 1.94. The smallest absolute Gasteiger partial charge is 0.261 e. The van der Waals surface area contributed by atoms with E-state index in [2.05, 4.69) is 10.3 Å². The van der Waals surface area contributed by atoms with Crippen LogP contribution in [0, 0.1) is 0 Å². The molecule has 0 bridgehead atoms. The maximum absolute atomic E-state index is 12.5. The van der Waals surface area contributed by atoms with Crippen molar-refractivity contribution in [2.75, 3.05) is 25.5 Å². The predicted octanol–water partition coefficient (Wildman–Crippen LogP) is 2.43. The van der Waals surface area contributed by atoms with Gasteiger partial charge in [-0.3, -0.25) is 4.79 Å². The summed E-state index contributed by atoms with van der Waals surface area (Å²) in [6.45, 7) is 0.515. The molecule has 21 heavy (non-hydrogen) atoms. The van der Waals surface area contributed by atoms with Crippen LogP contribution in [0.1, 0.15) is 35.4 Å². The van der Waals surface area contributed by atoms with E-state index >= 15 is 0 Å². The first-order chi connectivity index (χ1) is 10.0. The first-order valence-corrected chi connectivity index (χ1v) is 8.77. The maximum atomic E-state index is 12.5. The summed E-state index contributed by atoms with van der Waals surface area (Å²) < 4.78 is 1.07. The number of nitrogens with one attached hydrogen (secondary N) is 1. The largest absolute Gasteiger partial charge is 0.354 e. The quantitative estimate of drug-likeness (QED) is 0.906. The molecule has 7 heteroatoms. The van der Waals surface area contributed by atoms with E-state index in [0.717, 1.165) is 45.2 Å². The molecule has 2 heterocycles. The third-order valence-electron chi connectivity index (χ3n) is 4.01. The second-order valence-corrected chi connectivity index (χ2v) is 7.86. The molecule has 1 aliphatic rings. The van der Waals surface area contributed by atoms with E-state index < -0.39 is 0 Å². The van der Waals surface area contributed by atoms with Crippen LogP contribution in [0.5, 0.6) is 0 Å². The Hall–Kier alpha value is -1.18. The number of fused-ring (bicyclic) bond motifs is 1. The number of hydrogen-bond acceptors (Lipinski definition) is 6. The average Bonchev–Trinajstić information content (AvgIpc) is 3.12. The summed E-state index contributed by atoms with van der Waals surface area (Å²) in [6.07, 6.45) is 4.26. The van der Waals surface area contributed by atoms with Gasteiger partial charge in [-0.2, -0.15) is 0 Å². The Balaban J connectivity index is 1.80. The molecule has 0 unspecified atom stereocenters. The predicted molar refractivity (Wildman–Crippen MR) is 89.5 cm³/mol. The average molecular weight is 324 g/mol. The van der Waals surface area contributed by atoms with Crippen LogP contribution >= 0.6 is 22.7 Å². The number of aromatic nitrogens is 1. The highest BCUT2D eigenvalue weighted by Gasteiger charge is 2.34. The lowest BCUT2D eigenvalue weighted by molar-refractivity contribution is 0.0907. The zero-order chi connectivity index (χ0) is 15.0. The lowest BCUT2D eigenvalue weighted by atomic mass is 9.98. The van der Waals surface area contributed by atoms with Gasteiger partial charge in [0.1, 0.15) is 4.83 Å². The van der Waals surface area contributed by atoms with Crippen molar-refractivity contribution in [3.05, 3.63) is 10.9 Å². The van der Waals surface area contributed by atoms with Crippen LogP contribution in [0.4, 0.5) is 5.13 Å². The molecule has 1 amide bonds. The molecule has 1 saturated carbocycles. The van der Waals surface area contributed by atoms with Gasteiger partial charge in [-0.15, -0.1) is 11.3 Å². The molecular weight excluding hydrogens is 304 g/mol. The van der Waals surface area contributed by atoms with Crippen LogP contribution in [0.25, 0.3) is 9.53 Å². The van der Waals surface area contributed by atoms with Crippen LogP contribution in [-0.2, 0) is 0 Å². The number of thiophene rings is 1. The Morgan fingerprint density at radius 3 is 2.71 bits per heavy atom. The molecule has 2 aromatic rings. The van der Waals surface area contributed by atoms with E-state index in [9.17, 15) is 4.79 Å². The van der Waals surface area contributed by atoms with E-state index in [4.69, 9.17) is 5.73 Å². The summed E-state index contributed by atoms with van der Waals surface area (Å²) in [5.41, 5.74) is 5.68. The van der Waals surface area contributed by atoms with Gasteiger partial charge in [0.15, 0.2) is 5.13 Å². The highest BCUT2D eigenvalue weighted by Crippen LogP contribution is 2.35. The lowest BCUT2D eigenvalue weighted by Gasteiger charge is -2.28. The van der Waals surface area contributed by atoms with Crippen molar-refractivity contribution in [1.29, 1.82) is 0 Å². The number of nitrogens with zero attached hydrogens (tertiary/aromatic N) is 2. The Morgan fingerprint density at radius 1 is 1.43 bits per heavy atom. The van der Waals surface area contributed by atoms with Crippen molar-refractivity contribution in [3.63, 3.8) is 0 Å². The molecule has 0 spiro atoms. The van der Waals surface area contributed by atoms with Crippen LogP contribution in [-0.4, -0.2) is 37.1 Å². The van der Waals surface area contributed by atoms with Gasteiger partial charge in [-0.25, -0.2) is 4.98 Å². The number of carbonyl (C=O) groups excluding carboxylic acids is 1. The van der Waals surface area contributed by atoms with E-state index in [1.165, 1.54) is 11.3 Å². The molecule has 5 nitrogen and oxygen atoms in total. The van der Waals surface area contributed by atoms with Gasteiger partial charge in [0, 0.05) is 20.6 Å². The Bertz CT molecular complexity index is 624. The molecule has 0 atom stereocenters. The Morgan fingerprint density at radius 2 is 2.14 bits per heavy atom. The van der Waals surface area contributed by atoms with Crippen molar-refractivity contribution >= 4 is 43.2 Å². The standard InChI is InChI=1S/C14H20N4OS2/c1-18(2)13-16-12-10(21-13)7-9(20-12)11(19)17-14(8-15)5-3-4-6-14/h7H,3-6,8,15H2,1-2H3,(H,17,19). The Kier molecular flexibility index (Phi) is 3.90. The first kappa shape index (κ1) is 14.7. The van der Waals surface area contributed by atoms with Crippen molar-refractivity contribution < 1.29 is 4.79 Å². The number of rotatable bonds is 4. The second-order valence-electron chi connectivity index (χ2n) is 5.82. The SMILES string of the molecule is CN(C)c1nc2sc(C(=O)NC3(CN)CCCC3)cc2s1. The Labute approximate surface area is 132 Å². The monoisotopic (exact) mass is 324 g/mol. The van der Waals surface area contributed by atoms with Crippen molar-refractivity contribution in [2.24, 2.45) is 5.73 Å². The zero-order valence-corrected chi connectivity index (χ0v) is 13.9. The van der Waals surface area contributed by atoms with Crippen LogP contribution in [0.3, 0.4) is 0 Å². The van der Waals surface area contributed by atoms with Crippen molar-refractivity contribution in [1.82, 2.24) is 10.3 Å². The topological polar surface area (TPSA) is 71.2 Å². The summed E-state index contributed by atoms with van der Waals surface area (Å²) in [5.74, 6) is -0.0102. The number of hydrogen-bond donors (Lipinski definition) is 2. The molecule has 2 aromatic heterocycles. The van der Waals surface area contributed by atoms with Gasteiger partial charge in [0.05, 0.1) is 15.1 Å². The molecule has 3 N–H and O–H groups in total. The van der Waals surface area contributed by atoms with Gasteiger partial charge in [-0.05, 0) is 18.9 Å².